The molecule has 0 radical (unpaired) electrons. The van der Waals surface area contributed by atoms with E-state index in [1.54, 1.807) is 12.1 Å². The number of methoxy groups -OCH3 is 1. The number of rotatable bonds is 11. The van der Waals surface area contributed by atoms with Crippen molar-refractivity contribution in [3.05, 3.63) is 23.8 Å². The lowest BCUT2D eigenvalue weighted by Crippen LogP contribution is -2.18. The Morgan fingerprint density at radius 2 is 1.77 bits per heavy atom. The van der Waals surface area contributed by atoms with E-state index in [1.165, 1.54) is 20.0 Å². The van der Waals surface area contributed by atoms with Gasteiger partial charge in [0.05, 0.1) is 19.3 Å². The Labute approximate surface area is 133 Å². The lowest BCUT2D eigenvalue weighted by atomic mass is 9.99. The Kier molecular flexibility index (Phi) is 8.94. The summed E-state index contributed by atoms with van der Waals surface area (Å²) in [5.41, 5.74) is 1.01. The molecule has 0 saturated carbocycles. The number of ether oxygens (including phenoxy) is 1. The van der Waals surface area contributed by atoms with Gasteiger partial charge in [-0.3, -0.25) is 0 Å². The molecule has 1 aromatic rings. The van der Waals surface area contributed by atoms with Crippen LogP contribution >= 0.6 is 0 Å². The third-order valence-electron chi connectivity index (χ3n) is 3.95. The molecule has 0 fully saturated rings. The molecule has 0 heterocycles. The number of phenols is 1. The maximum Gasteiger partial charge on any atom is 0.160 e. The standard InChI is InChI=1S/C18H30O4/c1-3-4-5-6-7-15(19)13-16(20)10-8-14-9-11-17(21)18(12-14)22-2/h9,11-12,15-16,19-21H,3-8,10,13H2,1-2H3. The van der Waals surface area contributed by atoms with E-state index in [0.717, 1.165) is 24.8 Å². The van der Waals surface area contributed by atoms with Crippen molar-refractivity contribution in [2.24, 2.45) is 0 Å². The first kappa shape index (κ1) is 18.8. The zero-order valence-corrected chi connectivity index (χ0v) is 13.8. The molecule has 126 valence electrons. The molecule has 0 amide bonds. The van der Waals surface area contributed by atoms with Crippen molar-refractivity contribution in [1.29, 1.82) is 0 Å². The van der Waals surface area contributed by atoms with Crippen LogP contribution in [0.5, 0.6) is 11.5 Å². The molecule has 2 atom stereocenters. The minimum atomic E-state index is -0.499. The number of aliphatic hydroxyl groups excluding tert-OH is 2. The summed E-state index contributed by atoms with van der Waals surface area (Å²) >= 11 is 0. The molecular formula is C18H30O4. The highest BCUT2D eigenvalue weighted by atomic mass is 16.5. The second kappa shape index (κ2) is 10.5. The molecule has 1 aromatic carbocycles. The summed E-state index contributed by atoms with van der Waals surface area (Å²) in [6.45, 7) is 2.17. The van der Waals surface area contributed by atoms with Crippen LogP contribution in [0.4, 0.5) is 0 Å². The van der Waals surface area contributed by atoms with Gasteiger partial charge < -0.3 is 20.1 Å². The predicted molar refractivity (Wildman–Crippen MR) is 88.4 cm³/mol. The van der Waals surface area contributed by atoms with Gasteiger partial charge >= 0.3 is 0 Å². The number of aliphatic hydroxyl groups is 2. The summed E-state index contributed by atoms with van der Waals surface area (Å²) in [6.07, 6.45) is 6.15. The topological polar surface area (TPSA) is 69.9 Å². The molecule has 22 heavy (non-hydrogen) atoms. The highest BCUT2D eigenvalue weighted by Crippen LogP contribution is 2.27. The van der Waals surface area contributed by atoms with E-state index in [9.17, 15) is 15.3 Å². The number of aromatic hydroxyl groups is 1. The molecule has 0 aliphatic rings. The van der Waals surface area contributed by atoms with Crippen molar-refractivity contribution in [3.63, 3.8) is 0 Å². The SMILES string of the molecule is CCCCCCC(O)CC(O)CCc1ccc(O)c(OC)c1. The molecule has 4 heteroatoms. The molecular weight excluding hydrogens is 280 g/mol. The Hall–Kier alpha value is -1.26. The van der Waals surface area contributed by atoms with Gasteiger partial charge in [-0.05, 0) is 43.4 Å². The summed E-state index contributed by atoms with van der Waals surface area (Å²) in [7, 11) is 1.52. The Bertz CT molecular complexity index is 420. The van der Waals surface area contributed by atoms with Crippen molar-refractivity contribution in [3.8, 4) is 11.5 Å². The molecule has 0 bridgehead atoms. The van der Waals surface area contributed by atoms with Crippen LogP contribution in [0, 0.1) is 0 Å². The minimum Gasteiger partial charge on any atom is -0.504 e. The van der Waals surface area contributed by atoms with Gasteiger partial charge in [-0.25, -0.2) is 0 Å². The molecule has 0 aliphatic heterocycles. The zero-order valence-electron chi connectivity index (χ0n) is 13.8. The smallest absolute Gasteiger partial charge is 0.160 e. The van der Waals surface area contributed by atoms with Gasteiger partial charge in [-0.15, -0.1) is 0 Å². The third-order valence-corrected chi connectivity index (χ3v) is 3.95. The van der Waals surface area contributed by atoms with Gasteiger partial charge in [0.2, 0.25) is 0 Å². The van der Waals surface area contributed by atoms with Crippen LogP contribution in [-0.2, 0) is 6.42 Å². The maximum atomic E-state index is 10.0. The fourth-order valence-corrected chi connectivity index (χ4v) is 2.57. The number of benzene rings is 1. The fraction of sp³-hybridized carbons (Fsp3) is 0.667. The summed E-state index contributed by atoms with van der Waals surface area (Å²) in [6, 6.07) is 5.21. The minimum absolute atomic E-state index is 0.120. The van der Waals surface area contributed by atoms with Crippen LogP contribution in [0.15, 0.2) is 18.2 Å². The molecule has 0 aliphatic carbocycles. The molecule has 3 N–H and O–H groups in total. The van der Waals surface area contributed by atoms with E-state index in [1.807, 2.05) is 6.07 Å². The van der Waals surface area contributed by atoms with E-state index in [-0.39, 0.29) is 5.75 Å². The Balaban J connectivity index is 2.28. The predicted octanol–water partition coefficient (Wildman–Crippen LogP) is 3.42. The first-order chi connectivity index (χ1) is 10.6. The lowest BCUT2D eigenvalue weighted by Gasteiger charge is -2.16. The molecule has 1 rings (SSSR count). The molecule has 4 nitrogen and oxygen atoms in total. The highest BCUT2D eigenvalue weighted by molar-refractivity contribution is 5.41. The normalized spacial score (nSPS) is 13.8. The quantitative estimate of drug-likeness (QED) is 0.548. The van der Waals surface area contributed by atoms with Crippen molar-refractivity contribution in [1.82, 2.24) is 0 Å². The maximum absolute atomic E-state index is 10.0. The van der Waals surface area contributed by atoms with Crippen LogP contribution in [0.1, 0.15) is 57.4 Å². The molecule has 2 unspecified atom stereocenters. The Morgan fingerprint density at radius 3 is 2.45 bits per heavy atom. The second-order valence-electron chi connectivity index (χ2n) is 5.94. The van der Waals surface area contributed by atoms with E-state index < -0.39 is 12.2 Å². The van der Waals surface area contributed by atoms with Gasteiger partial charge in [-0.2, -0.15) is 0 Å². The number of unbranched alkanes of at least 4 members (excludes halogenated alkanes) is 3. The van der Waals surface area contributed by atoms with Gasteiger partial charge in [0.25, 0.3) is 0 Å². The molecule has 0 spiro atoms. The first-order valence-electron chi connectivity index (χ1n) is 8.28. The van der Waals surface area contributed by atoms with Crippen molar-refractivity contribution >= 4 is 0 Å². The lowest BCUT2D eigenvalue weighted by molar-refractivity contribution is 0.0697. The zero-order chi connectivity index (χ0) is 16.4. The van der Waals surface area contributed by atoms with Crippen LogP contribution < -0.4 is 4.74 Å². The first-order valence-corrected chi connectivity index (χ1v) is 8.28. The number of hydrogen-bond acceptors (Lipinski definition) is 4. The monoisotopic (exact) mass is 310 g/mol. The van der Waals surface area contributed by atoms with Crippen LogP contribution in [0.3, 0.4) is 0 Å². The highest BCUT2D eigenvalue weighted by Gasteiger charge is 2.12. The van der Waals surface area contributed by atoms with Gasteiger partial charge in [0, 0.05) is 0 Å². The van der Waals surface area contributed by atoms with Gasteiger partial charge in [0.15, 0.2) is 11.5 Å². The number of phenolic OH excluding ortho intramolecular Hbond substituents is 1. The van der Waals surface area contributed by atoms with Crippen LogP contribution in [0.25, 0.3) is 0 Å². The van der Waals surface area contributed by atoms with E-state index >= 15 is 0 Å². The van der Waals surface area contributed by atoms with E-state index in [0.29, 0.717) is 25.0 Å². The van der Waals surface area contributed by atoms with Crippen molar-refractivity contribution < 1.29 is 20.1 Å². The summed E-state index contributed by atoms with van der Waals surface area (Å²) in [4.78, 5) is 0. The average molecular weight is 310 g/mol. The molecule has 0 saturated heterocycles. The number of hydrogen-bond donors (Lipinski definition) is 3. The summed E-state index contributed by atoms with van der Waals surface area (Å²) in [5.74, 6) is 0.567. The summed E-state index contributed by atoms with van der Waals surface area (Å²) < 4.78 is 5.07. The largest absolute Gasteiger partial charge is 0.504 e. The number of aryl methyl sites for hydroxylation is 1. The average Bonchev–Trinajstić information content (AvgIpc) is 2.50. The van der Waals surface area contributed by atoms with Gasteiger partial charge in [-0.1, -0.05) is 38.7 Å². The van der Waals surface area contributed by atoms with Crippen LogP contribution in [-0.4, -0.2) is 34.6 Å². The van der Waals surface area contributed by atoms with Crippen molar-refractivity contribution in [2.75, 3.05) is 7.11 Å². The molecule has 0 aromatic heterocycles. The second-order valence-corrected chi connectivity index (χ2v) is 5.94. The summed E-state index contributed by atoms with van der Waals surface area (Å²) in [5, 5.41) is 29.5. The van der Waals surface area contributed by atoms with E-state index in [2.05, 4.69) is 6.92 Å². The van der Waals surface area contributed by atoms with Gasteiger partial charge in [0.1, 0.15) is 0 Å². The van der Waals surface area contributed by atoms with E-state index in [4.69, 9.17) is 4.74 Å². The van der Waals surface area contributed by atoms with Crippen molar-refractivity contribution in [2.45, 2.75) is 70.5 Å². The fourth-order valence-electron chi connectivity index (χ4n) is 2.57. The Morgan fingerprint density at radius 1 is 1.05 bits per heavy atom. The van der Waals surface area contributed by atoms with Crippen LogP contribution in [0.2, 0.25) is 0 Å². The third kappa shape index (κ3) is 7.14.